The molecule has 0 heterocycles. The summed E-state index contributed by atoms with van der Waals surface area (Å²) in [6, 6.07) is 3.82. The summed E-state index contributed by atoms with van der Waals surface area (Å²) in [4.78, 5) is 10.6. The molecule has 0 aromatic heterocycles. The highest BCUT2D eigenvalue weighted by atomic mass is 35.5. The maximum Gasteiger partial charge on any atom is 0.258 e. The quantitative estimate of drug-likeness (QED) is 0.839. The van der Waals surface area contributed by atoms with Gasteiger partial charge in [0.1, 0.15) is 11.6 Å². The maximum absolute atomic E-state index is 12.7. The Morgan fingerprint density at radius 3 is 2.79 bits per heavy atom. The van der Waals surface area contributed by atoms with Crippen molar-refractivity contribution < 1.29 is 13.9 Å². The molecule has 1 aromatic carbocycles. The standard InChI is InChI=1S/C9H9ClFNO2/c1-5(9(12)13)14-6-2-3-8(11)7(10)4-6/h2-5H,1H3,(H2,12,13). The second-order valence-electron chi connectivity index (χ2n) is 2.74. The normalized spacial score (nSPS) is 12.2. The highest BCUT2D eigenvalue weighted by Crippen LogP contribution is 2.21. The summed E-state index contributed by atoms with van der Waals surface area (Å²) in [6.07, 6.45) is -0.767. The molecule has 14 heavy (non-hydrogen) atoms. The third-order valence-corrected chi connectivity index (χ3v) is 1.89. The lowest BCUT2D eigenvalue weighted by molar-refractivity contribution is -0.123. The molecule has 5 heteroatoms. The molecule has 1 unspecified atom stereocenters. The van der Waals surface area contributed by atoms with Gasteiger partial charge < -0.3 is 10.5 Å². The summed E-state index contributed by atoms with van der Waals surface area (Å²) < 4.78 is 17.8. The SMILES string of the molecule is CC(Oc1ccc(F)c(Cl)c1)C(N)=O. The number of primary amides is 1. The molecule has 0 aliphatic carbocycles. The van der Waals surface area contributed by atoms with E-state index in [0.717, 1.165) is 6.07 Å². The zero-order valence-electron chi connectivity index (χ0n) is 7.46. The first-order chi connectivity index (χ1) is 6.50. The van der Waals surface area contributed by atoms with Crippen molar-refractivity contribution in [3.05, 3.63) is 29.0 Å². The fourth-order valence-corrected chi connectivity index (χ4v) is 0.983. The van der Waals surface area contributed by atoms with Crippen LogP contribution >= 0.6 is 11.6 Å². The predicted octanol–water partition coefficient (Wildman–Crippen LogP) is 1.73. The van der Waals surface area contributed by atoms with Crippen LogP contribution < -0.4 is 10.5 Å². The van der Waals surface area contributed by atoms with Crippen LogP contribution in [0.4, 0.5) is 4.39 Å². The molecular formula is C9H9ClFNO2. The van der Waals surface area contributed by atoms with Gasteiger partial charge in [0.05, 0.1) is 5.02 Å². The van der Waals surface area contributed by atoms with E-state index in [1.54, 1.807) is 0 Å². The van der Waals surface area contributed by atoms with E-state index in [-0.39, 0.29) is 5.02 Å². The molecule has 0 radical (unpaired) electrons. The Kier molecular flexibility index (Phi) is 3.30. The van der Waals surface area contributed by atoms with Gasteiger partial charge in [0.2, 0.25) is 0 Å². The molecule has 76 valence electrons. The fraction of sp³-hybridized carbons (Fsp3) is 0.222. The van der Waals surface area contributed by atoms with Gasteiger partial charge in [-0.3, -0.25) is 4.79 Å². The van der Waals surface area contributed by atoms with Crippen LogP contribution in [0.1, 0.15) is 6.92 Å². The molecule has 0 saturated heterocycles. The van der Waals surface area contributed by atoms with Gasteiger partial charge >= 0.3 is 0 Å². The Labute approximate surface area is 85.6 Å². The summed E-state index contributed by atoms with van der Waals surface area (Å²) in [6.45, 7) is 1.50. The minimum absolute atomic E-state index is 0.0563. The number of ether oxygens (including phenoxy) is 1. The van der Waals surface area contributed by atoms with E-state index >= 15 is 0 Å². The minimum atomic E-state index is -0.767. The van der Waals surface area contributed by atoms with Gasteiger partial charge in [0.15, 0.2) is 6.10 Å². The highest BCUT2D eigenvalue weighted by Gasteiger charge is 2.10. The number of halogens is 2. The van der Waals surface area contributed by atoms with Crippen LogP contribution in [0.3, 0.4) is 0 Å². The van der Waals surface area contributed by atoms with E-state index in [4.69, 9.17) is 22.1 Å². The summed E-state index contributed by atoms with van der Waals surface area (Å²) in [5.41, 5.74) is 4.98. The van der Waals surface area contributed by atoms with Crippen LogP contribution in [0.5, 0.6) is 5.75 Å². The Balaban J connectivity index is 2.78. The number of rotatable bonds is 3. The van der Waals surface area contributed by atoms with Gasteiger partial charge in [-0.2, -0.15) is 0 Å². The largest absolute Gasteiger partial charge is 0.481 e. The number of carbonyl (C=O) groups is 1. The molecule has 0 aliphatic rings. The number of benzene rings is 1. The second kappa shape index (κ2) is 4.28. The molecule has 1 rings (SSSR count). The molecule has 1 atom stereocenters. The van der Waals surface area contributed by atoms with E-state index in [1.807, 2.05) is 0 Å². The van der Waals surface area contributed by atoms with Gasteiger partial charge in [-0.05, 0) is 19.1 Å². The topological polar surface area (TPSA) is 52.3 Å². The zero-order chi connectivity index (χ0) is 10.7. The predicted molar refractivity (Wildman–Crippen MR) is 50.7 cm³/mol. The average Bonchev–Trinajstić information content (AvgIpc) is 2.11. The van der Waals surface area contributed by atoms with Gasteiger partial charge in [-0.1, -0.05) is 11.6 Å². The molecule has 0 bridgehead atoms. The molecular weight excluding hydrogens is 209 g/mol. The summed E-state index contributed by atoms with van der Waals surface area (Å²) in [5, 5.41) is -0.0563. The Morgan fingerprint density at radius 1 is 1.64 bits per heavy atom. The van der Waals surface area contributed by atoms with E-state index in [2.05, 4.69) is 0 Å². The minimum Gasteiger partial charge on any atom is -0.481 e. The lowest BCUT2D eigenvalue weighted by atomic mass is 10.3. The lowest BCUT2D eigenvalue weighted by Crippen LogP contribution is -2.30. The summed E-state index contributed by atoms with van der Waals surface area (Å²) in [7, 11) is 0. The molecule has 0 aliphatic heterocycles. The van der Waals surface area contributed by atoms with Crippen molar-refractivity contribution in [3.8, 4) is 5.75 Å². The van der Waals surface area contributed by atoms with Gasteiger partial charge in [0, 0.05) is 6.07 Å². The zero-order valence-corrected chi connectivity index (χ0v) is 8.22. The van der Waals surface area contributed by atoms with Crippen LogP contribution in [0.15, 0.2) is 18.2 Å². The first-order valence-electron chi connectivity index (χ1n) is 3.91. The highest BCUT2D eigenvalue weighted by molar-refractivity contribution is 6.30. The van der Waals surface area contributed by atoms with Crippen LogP contribution in [0, 0.1) is 5.82 Å². The van der Waals surface area contributed by atoms with E-state index < -0.39 is 17.8 Å². The van der Waals surface area contributed by atoms with Crippen LogP contribution in [0.25, 0.3) is 0 Å². The van der Waals surface area contributed by atoms with Gasteiger partial charge in [-0.15, -0.1) is 0 Å². The van der Waals surface area contributed by atoms with Crippen LogP contribution in [0.2, 0.25) is 5.02 Å². The van der Waals surface area contributed by atoms with Crippen molar-refractivity contribution in [2.24, 2.45) is 5.73 Å². The van der Waals surface area contributed by atoms with Crippen molar-refractivity contribution in [2.75, 3.05) is 0 Å². The summed E-state index contributed by atoms with van der Waals surface area (Å²) in [5.74, 6) is -0.820. The number of hydrogen-bond acceptors (Lipinski definition) is 2. The van der Waals surface area contributed by atoms with Gasteiger partial charge in [0.25, 0.3) is 5.91 Å². The van der Waals surface area contributed by atoms with Crippen molar-refractivity contribution in [1.82, 2.24) is 0 Å². The Morgan fingerprint density at radius 2 is 2.29 bits per heavy atom. The van der Waals surface area contributed by atoms with E-state index in [9.17, 15) is 9.18 Å². The summed E-state index contributed by atoms with van der Waals surface area (Å²) >= 11 is 5.51. The third kappa shape index (κ3) is 2.60. The van der Waals surface area contributed by atoms with Gasteiger partial charge in [-0.25, -0.2) is 4.39 Å². The van der Waals surface area contributed by atoms with Crippen molar-refractivity contribution in [2.45, 2.75) is 13.0 Å². The van der Waals surface area contributed by atoms with Crippen LogP contribution in [-0.2, 0) is 4.79 Å². The number of carbonyl (C=O) groups excluding carboxylic acids is 1. The molecule has 2 N–H and O–H groups in total. The maximum atomic E-state index is 12.7. The number of amides is 1. The smallest absolute Gasteiger partial charge is 0.258 e. The fourth-order valence-electron chi connectivity index (χ4n) is 0.812. The molecule has 0 saturated carbocycles. The average molecular weight is 218 g/mol. The number of nitrogens with two attached hydrogens (primary N) is 1. The molecule has 1 amide bonds. The van der Waals surface area contributed by atoms with E-state index in [1.165, 1.54) is 19.1 Å². The lowest BCUT2D eigenvalue weighted by Gasteiger charge is -2.11. The van der Waals surface area contributed by atoms with Crippen molar-refractivity contribution in [1.29, 1.82) is 0 Å². The molecule has 0 spiro atoms. The molecule has 1 aromatic rings. The van der Waals surface area contributed by atoms with Crippen molar-refractivity contribution >= 4 is 17.5 Å². The van der Waals surface area contributed by atoms with E-state index in [0.29, 0.717) is 5.75 Å². The van der Waals surface area contributed by atoms with Crippen LogP contribution in [-0.4, -0.2) is 12.0 Å². The monoisotopic (exact) mass is 217 g/mol. The molecule has 3 nitrogen and oxygen atoms in total. The third-order valence-electron chi connectivity index (χ3n) is 1.60. The number of hydrogen-bond donors (Lipinski definition) is 1. The molecule has 0 fully saturated rings. The first kappa shape index (κ1) is 10.8. The first-order valence-corrected chi connectivity index (χ1v) is 4.29. The second-order valence-corrected chi connectivity index (χ2v) is 3.15. The Hall–Kier alpha value is -1.29. The van der Waals surface area contributed by atoms with Crippen molar-refractivity contribution in [3.63, 3.8) is 0 Å². The Bertz CT molecular complexity index is 357.